The molecule has 0 radical (unpaired) electrons. The van der Waals surface area contributed by atoms with Crippen LogP contribution in [0.5, 0.6) is 11.5 Å². The van der Waals surface area contributed by atoms with Crippen LogP contribution in [0.25, 0.3) is 0 Å². The van der Waals surface area contributed by atoms with E-state index in [1.165, 1.54) is 12.5 Å². The van der Waals surface area contributed by atoms with Gasteiger partial charge in [-0.3, -0.25) is 9.59 Å². The lowest BCUT2D eigenvalue weighted by Gasteiger charge is -2.24. The summed E-state index contributed by atoms with van der Waals surface area (Å²) in [5.41, 5.74) is 2.06. The minimum atomic E-state index is -0.262. The Morgan fingerprint density at radius 2 is 1.62 bits per heavy atom. The molecule has 0 aliphatic carbocycles. The van der Waals surface area contributed by atoms with Crippen LogP contribution < -0.4 is 19.7 Å². The molecule has 2 rings (SSSR count). The van der Waals surface area contributed by atoms with Gasteiger partial charge in [0.25, 0.3) is 5.91 Å². The van der Waals surface area contributed by atoms with Gasteiger partial charge >= 0.3 is 0 Å². The summed E-state index contributed by atoms with van der Waals surface area (Å²) in [6, 6.07) is 15.1. The first kappa shape index (κ1) is 22.3. The van der Waals surface area contributed by atoms with Crippen LogP contribution in [0.4, 0.5) is 5.69 Å². The smallest absolute Gasteiger partial charge is 0.258 e. The molecule has 0 aliphatic rings. The highest BCUT2D eigenvalue weighted by Crippen LogP contribution is 2.26. The van der Waals surface area contributed by atoms with Gasteiger partial charge < -0.3 is 19.7 Å². The van der Waals surface area contributed by atoms with Gasteiger partial charge in [-0.2, -0.15) is 0 Å². The molecule has 0 saturated heterocycles. The fourth-order valence-electron chi connectivity index (χ4n) is 2.85. The highest BCUT2D eigenvalue weighted by molar-refractivity contribution is 5.91. The molecule has 0 saturated carbocycles. The summed E-state index contributed by atoms with van der Waals surface area (Å²) in [7, 11) is 1.55. The fraction of sp³-hybridized carbons (Fsp3) is 0.391. The zero-order valence-corrected chi connectivity index (χ0v) is 17.8. The Kier molecular flexibility index (Phi) is 7.65. The van der Waals surface area contributed by atoms with E-state index >= 15 is 0 Å². The standard InChI is InChI=1S/C23H30N2O4/c1-17(26)25(19-12-10-18(11-13-19)23(2,3)4)15-14-24-22(27)16-29-21-9-7-6-8-20(21)28-5/h6-13H,14-16H2,1-5H3,(H,24,27). The van der Waals surface area contributed by atoms with Crippen LogP contribution >= 0.6 is 0 Å². The highest BCUT2D eigenvalue weighted by atomic mass is 16.5. The SMILES string of the molecule is COc1ccccc1OCC(=O)NCCN(C(C)=O)c1ccc(C(C)(C)C)cc1. The van der Waals surface area contributed by atoms with E-state index in [4.69, 9.17) is 9.47 Å². The molecule has 2 aromatic rings. The Bertz CT molecular complexity index is 826. The molecule has 2 aromatic carbocycles. The first-order valence-electron chi connectivity index (χ1n) is 9.63. The average molecular weight is 399 g/mol. The van der Waals surface area contributed by atoms with Gasteiger partial charge in [0.05, 0.1) is 7.11 Å². The maximum Gasteiger partial charge on any atom is 0.258 e. The summed E-state index contributed by atoms with van der Waals surface area (Å²) < 4.78 is 10.7. The molecule has 2 amide bonds. The first-order chi connectivity index (χ1) is 13.7. The number of methoxy groups -OCH3 is 1. The van der Waals surface area contributed by atoms with E-state index < -0.39 is 0 Å². The van der Waals surface area contributed by atoms with Crippen LogP contribution in [0.1, 0.15) is 33.3 Å². The summed E-state index contributed by atoms with van der Waals surface area (Å²) in [5.74, 6) is 0.742. The second-order valence-corrected chi connectivity index (χ2v) is 7.76. The third-order valence-corrected chi connectivity index (χ3v) is 4.51. The predicted molar refractivity (Wildman–Crippen MR) is 115 cm³/mol. The normalized spacial score (nSPS) is 10.9. The molecule has 6 nitrogen and oxygen atoms in total. The maximum absolute atomic E-state index is 12.1. The van der Waals surface area contributed by atoms with Crippen molar-refractivity contribution in [1.29, 1.82) is 0 Å². The van der Waals surface area contributed by atoms with Gasteiger partial charge in [0.15, 0.2) is 18.1 Å². The van der Waals surface area contributed by atoms with Crippen LogP contribution in [0.15, 0.2) is 48.5 Å². The van der Waals surface area contributed by atoms with Crippen LogP contribution in [0.3, 0.4) is 0 Å². The van der Waals surface area contributed by atoms with E-state index in [1.54, 1.807) is 24.1 Å². The number of nitrogens with zero attached hydrogens (tertiary/aromatic N) is 1. The molecule has 0 unspecified atom stereocenters. The number of anilines is 1. The van der Waals surface area contributed by atoms with E-state index in [-0.39, 0.29) is 23.8 Å². The van der Waals surface area contributed by atoms with Crippen molar-refractivity contribution < 1.29 is 19.1 Å². The van der Waals surface area contributed by atoms with Crippen LogP contribution in [-0.4, -0.2) is 38.6 Å². The zero-order chi connectivity index (χ0) is 21.4. The van der Waals surface area contributed by atoms with Crippen molar-refractivity contribution in [1.82, 2.24) is 5.32 Å². The topological polar surface area (TPSA) is 67.9 Å². The molecule has 0 heterocycles. The number of rotatable bonds is 8. The summed E-state index contributed by atoms with van der Waals surface area (Å²) in [6.07, 6.45) is 0. The lowest BCUT2D eigenvalue weighted by Crippen LogP contribution is -2.39. The molecule has 0 atom stereocenters. The zero-order valence-electron chi connectivity index (χ0n) is 17.8. The molecular formula is C23H30N2O4. The number of ether oxygens (including phenoxy) is 2. The van der Waals surface area contributed by atoms with E-state index in [9.17, 15) is 9.59 Å². The second-order valence-electron chi connectivity index (χ2n) is 7.76. The first-order valence-corrected chi connectivity index (χ1v) is 9.63. The Morgan fingerprint density at radius 3 is 2.17 bits per heavy atom. The minimum absolute atomic E-state index is 0.0506. The number of carbonyl (C=O) groups is 2. The molecular weight excluding hydrogens is 368 g/mol. The molecule has 0 spiro atoms. The van der Waals surface area contributed by atoms with Gasteiger partial charge in [-0.05, 0) is 35.2 Å². The van der Waals surface area contributed by atoms with Crippen LogP contribution in [-0.2, 0) is 15.0 Å². The van der Waals surface area contributed by atoms with Gasteiger partial charge in [0, 0.05) is 25.7 Å². The molecule has 0 fully saturated rings. The number of benzene rings is 2. The summed E-state index contributed by atoms with van der Waals surface area (Å²) >= 11 is 0. The Hall–Kier alpha value is -3.02. The van der Waals surface area contributed by atoms with Crippen molar-refractivity contribution in [2.75, 3.05) is 31.7 Å². The minimum Gasteiger partial charge on any atom is -0.493 e. The molecule has 29 heavy (non-hydrogen) atoms. The summed E-state index contributed by atoms with van der Waals surface area (Å²) in [5, 5.41) is 2.78. The van der Waals surface area contributed by atoms with Crippen LogP contribution in [0, 0.1) is 0 Å². The number of hydrogen-bond acceptors (Lipinski definition) is 4. The van der Waals surface area contributed by atoms with Gasteiger partial charge in [-0.25, -0.2) is 0 Å². The number of para-hydroxylation sites is 2. The van der Waals surface area contributed by atoms with Crippen molar-refractivity contribution in [3.05, 3.63) is 54.1 Å². The van der Waals surface area contributed by atoms with Gasteiger partial charge in [-0.1, -0.05) is 45.0 Å². The summed E-state index contributed by atoms with van der Waals surface area (Å²) in [4.78, 5) is 25.8. The van der Waals surface area contributed by atoms with Crippen molar-refractivity contribution in [3.8, 4) is 11.5 Å². The van der Waals surface area contributed by atoms with Gasteiger partial charge in [0.2, 0.25) is 5.91 Å². The quantitative estimate of drug-likeness (QED) is 0.739. The number of hydrogen-bond donors (Lipinski definition) is 1. The van der Waals surface area contributed by atoms with Crippen molar-refractivity contribution in [2.24, 2.45) is 0 Å². The van der Waals surface area contributed by atoms with E-state index in [0.29, 0.717) is 24.6 Å². The monoisotopic (exact) mass is 398 g/mol. The largest absolute Gasteiger partial charge is 0.493 e. The fourth-order valence-corrected chi connectivity index (χ4v) is 2.85. The van der Waals surface area contributed by atoms with Gasteiger partial charge in [0.1, 0.15) is 0 Å². The Labute approximate surface area is 172 Å². The van der Waals surface area contributed by atoms with E-state index in [1.807, 2.05) is 36.4 Å². The maximum atomic E-state index is 12.1. The Morgan fingerprint density at radius 1 is 1.00 bits per heavy atom. The second kappa shape index (κ2) is 9.96. The molecule has 1 N–H and O–H groups in total. The average Bonchev–Trinajstić information content (AvgIpc) is 2.69. The third kappa shape index (κ3) is 6.52. The van der Waals surface area contributed by atoms with E-state index in [0.717, 1.165) is 5.69 Å². The van der Waals surface area contributed by atoms with Crippen molar-refractivity contribution in [3.63, 3.8) is 0 Å². The van der Waals surface area contributed by atoms with Gasteiger partial charge in [-0.15, -0.1) is 0 Å². The molecule has 0 aromatic heterocycles. The van der Waals surface area contributed by atoms with E-state index in [2.05, 4.69) is 26.1 Å². The number of carbonyl (C=O) groups excluding carboxylic acids is 2. The molecule has 156 valence electrons. The number of nitrogens with one attached hydrogen (secondary N) is 1. The molecule has 0 aliphatic heterocycles. The summed E-state index contributed by atoms with van der Waals surface area (Å²) in [6.45, 7) is 8.54. The van der Waals surface area contributed by atoms with Crippen molar-refractivity contribution >= 4 is 17.5 Å². The third-order valence-electron chi connectivity index (χ3n) is 4.51. The van der Waals surface area contributed by atoms with Crippen molar-refractivity contribution in [2.45, 2.75) is 33.1 Å². The highest BCUT2D eigenvalue weighted by Gasteiger charge is 2.16. The predicted octanol–water partition coefficient (Wildman–Crippen LogP) is 3.54. The van der Waals surface area contributed by atoms with Crippen LogP contribution in [0.2, 0.25) is 0 Å². The molecule has 6 heteroatoms. The lowest BCUT2D eigenvalue weighted by molar-refractivity contribution is -0.123. The lowest BCUT2D eigenvalue weighted by atomic mass is 9.87. The number of amides is 2. The molecule has 0 bridgehead atoms. The Balaban J connectivity index is 1.87.